The molecule has 0 fully saturated rings. The van der Waals surface area contributed by atoms with Crippen molar-refractivity contribution < 1.29 is 58.2 Å². The molecule has 0 saturated heterocycles. The van der Waals surface area contributed by atoms with Gasteiger partial charge in [-0.05, 0) is 43.1 Å². The molecule has 1 atom stereocenters. The normalized spacial score (nSPS) is 13.2. The predicted octanol–water partition coefficient (Wildman–Crippen LogP) is 3.16. The maximum absolute atomic E-state index is 13.2. The Kier molecular flexibility index (Phi) is 8.76. The number of hydrogen-bond acceptors (Lipinski definition) is 14. The third-order valence-corrected chi connectivity index (χ3v) is 7.88. The molecule has 242 valence electrons. The van der Waals surface area contributed by atoms with Gasteiger partial charge < -0.3 is 48.7 Å². The Balaban J connectivity index is 1.41. The van der Waals surface area contributed by atoms with Crippen molar-refractivity contribution in [1.29, 1.82) is 0 Å². The van der Waals surface area contributed by atoms with Gasteiger partial charge in [0.05, 0.1) is 36.5 Å². The number of furan rings is 1. The zero-order valence-corrected chi connectivity index (χ0v) is 25.1. The third-order valence-electron chi connectivity index (χ3n) is 7.88. The van der Waals surface area contributed by atoms with Crippen LogP contribution in [0.1, 0.15) is 80.3 Å². The summed E-state index contributed by atoms with van der Waals surface area (Å²) in [5, 5.41) is 52.7. The maximum Gasteiger partial charge on any atom is 0.374 e. The monoisotopic (exact) mass is 637 g/mol. The van der Waals surface area contributed by atoms with Crippen molar-refractivity contribution in [3.8, 4) is 28.7 Å². The lowest BCUT2D eigenvalue weighted by Crippen LogP contribution is -2.25. The first-order valence-electron chi connectivity index (χ1n) is 14.4. The van der Waals surface area contributed by atoms with Gasteiger partial charge in [0.1, 0.15) is 16.9 Å². The van der Waals surface area contributed by atoms with Gasteiger partial charge in [0.2, 0.25) is 17.3 Å². The Bertz CT molecular complexity index is 1930. The fourth-order valence-electron chi connectivity index (χ4n) is 5.44. The number of esters is 1. The number of carbonyl (C=O) groups excluding carboxylic acids is 3. The van der Waals surface area contributed by atoms with E-state index in [0.29, 0.717) is 13.0 Å². The van der Waals surface area contributed by atoms with E-state index < -0.39 is 86.7 Å². The van der Waals surface area contributed by atoms with E-state index in [2.05, 4.69) is 4.90 Å². The number of phenolic OH excluding ortho intramolecular Hbond substituents is 4. The van der Waals surface area contributed by atoms with Crippen LogP contribution in [0.5, 0.6) is 28.7 Å². The summed E-state index contributed by atoms with van der Waals surface area (Å²) in [6, 6.07) is 4.46. The molecule has 0 saturated carbocycles. The van der Waals surface area contributed by atoms with Crippen LogP contribution in [0.25, 0.3) is 10.8 Å². The number of nitrogens with zero attached hydrogens (tertiary/aromatic N) is 1. The van der Waals surface area contributed by atoms with Gasteiger partial charge in [0, 0.05) is 24.6 Å². The molecule has 2 heterocycles. The molecule has 5 rings (SSSR count). The predicted molar refractivity (Wildman–Crippen MR) is 159 cm³/mol. The van der Waals surface area contributed by atoms with Gasteiger partial charge in [-0.25, -0.2) is 9.59 Å². The maximum atomic E-state index is 13.2. The minimum Gasteiger partial charge on any atom is -0.507 e. The average Bonchev–Trinajstić information content (AvgIpc) is 3.46. The Morgan fingerprint density at radius 1 is 0.913 bits per heavy atom. The van der Waals surface area contributed by atoms with Gasteiger partial charge in [-0.1, -0.05) is 13.8 Å². The smallest absolute Gasteiger partial charge is 0.374 e. The second kappa shape index (κ2) is 12.6. The standard InChI is InChI=1S/C32H31NO13/c1-4-33(5-2)7-6-8-44-31(41)21-10-14-9-16(26(37)28(39)22(14)32(42)46-21)18(34)12-15-11-17-25(36)23-19(35)13-20(43-3)27(38)24(23)29(40)30(17)45-15/h9-11,13,18,34-35,37-39H,4-8,12H2,1-3H3. The summed E-state index contributed by atoms with van der Waals surface area (Å²) in [6.45, 7) is 6.47. The minimum atomic E-state index is -1.62. The highest BCUT2D eigenvalue weighted by molar-refractivity contribution is 6.29. The first kappa shape index (κ1) is 32.1. The van der Waals surface area contributed by atoms with Crippen molar-refractivity contribution in [3.63, 3.8) is 0 Å². The molecule has 2 aromatic heterocycles. The molecule has 46 heavy (non-hydrogen) atoms. The molecule has 1 aliphatic rings. The lowest BCUT2D eigenvalue weighted by atomic mass is 9.86. The number of benzene rings is 2. The van der Waals surface area contributed by atoms with Crippen molar-refractivity contribution >= 4 is 28.3 Å². The largest absolute Gasteiger partial charge is 0.507 e. The molecule has 0 aliphatic heterocycles. The SMILES string of the molecule is CCN(CC)CCCOC(=O)c1cc2cc(C(O)Cc3cc4c(o3)C(=O)c3c(O)c(OC)cc(O)c3C4=O)c(O)c(O)c2c(=O)o1. The molecule has 0 spiro atoms. The van der Waals surface area contributed by atoms with Crippen LogP contribution < -0.4 is 10.4 Å². The van der Waals surface area contributed by atoms with Gasteiger partial charge >= 0.3 is 11.6 Å². The molecule has 0 amide bonds. The minimum absolute atomic E-state index is 0.0462. The molecular formula is C32H31NO13. The molecule has 2 aromatic carbocycles. The molecule has 0 bridgehead atoms. The van der Waals surface area contributed by atoms with Crippen molar-refractivity contribution in [1.82, 2.24) is 4.90 Å². The summed E-state index contributed by atoms with van der Waals surface area (Å²) < 4.78 is 20.8. The van der Waals surface area contributed by atoms with Crippen molar-refractivity contribution in [3.05, 3.63) is 74.2 Å². The number of aliphatic hydroxyl groups is 1. The molecule has 1 aliphatic carbocycles. The van der Waals surface area contributed by atoms with E-state index in [0.717, 1.165) is 25.2 Å². The summed E-state index contributed by atoms with van der Waals surface area (Å²) in [7, 11) is 1.20. The Hall–Kier alpha value is -5.34. The second-order valence-corrected chi connectivity index (χ2v) is 10.6. The highest BCUT2D eigenvalue weighted by Gasteiger charge is 2.39. The summed E-state index contributed by atoms with van der Waals surface area (Å²) in [5.74, 6) is -6.92. The van der Waals surface area contributed by atoms with Gasteiger partial charge in [-0.2, -0.15) is 0 Å². The van der Waals surface area contributed by atoms with Crippen LogP contribution in [0.2, 0.25) is 0 Å². The average molecular weight is 638 g/mol. The molecule has 14 nitrogen and oxygen atoms in total. The van der Waals surface area contributed by atoms with Gasteiger partial charge in [0.15, 0.2) is 28.8 Å². The number of aromatic hydroxyl groups is 4. The van der Waals surface area contributed by atoms with E-state index in [9.17, 15) is 44.7 Å². The summed E-state index contributed by atoms with van der Waals surface area (Å²) in [5.41, 5.74) is -2.59. The number of ether oxygens (including phenoxy) is 2. The van der Waals surface area contributed by atoms with Crippen molar-refractivity contribution in [2.45, 2.75) is 32.8 Å². The number of ketones is 2. The Labute approximate surface area is 260 Å². The van der Waals surface area contributed by atoms with E-state index in [1.165, 1.54) is 19.2 Å². The van der Waals surface area contributed by atoms with Gasteiger partial charge in [-0.15, -0.1) is 0 Å². The summed E-state index contributed by atoms with van der Waals surface area (Å²) >= 11 is 0. The number of phenols is 4. The summed E-state index contributed by atoms with van der Waals surface area (Å²) in [6.07, 6.45) is -1.51. The van der Waals surface area contributed by atoms with Crippen LogP contribution in [-0.4, -0.2) is 81.3 Å². The fraction of sp³-hybridized carbons (Fsp3) is 0.312. The number of hydrogen-bond donors (Lipinski definition) is 5. The number of fused-ring (bicyclic) bond motifs is 3. The topological polar surface area (TPSA) is 217 Å². The molecular weight excluding hydrogens is 606 g/mol. The first-order chi connectivity index (χ1) is 21.9. The zero-order chi connectivity index (χ0) is 33.4. The van der Waals surface area contributed by atoms with Gasteiger partial charge in [0.25, 0.3) is 0 Å². The van der Waals surface area contributed by atoms with Crippen molar-refractivity contribution in [2.24, 2.45) is 0 Å². The number of carbonyl (C=O) groups is 3. The van der Waals surface area contributed by atoms with E-state index in [4.69, 9.17) is 18.3 Å². The second-order valence-electron chi connectivity index (χ2n) is 10.6. The molecule has 1 unspecified atom stereocenters. The first-order valence-corrected chi connectivity index (χ1v) is 14.4. The van der Waals surface area contributed by atoms with E-state index in [1.54, 1.807) is 0 Å². The summed E-state index contributed by atoms with van der Waals surface area (Å²) in [4.78, 5) is 53.8. The van der Waals surface area contributed by atoms with E-state index >= 15 is 0 Å². The zero-order valence-electron chi connectivity index (χ0n) is 25.1. The highest BCUT2D eigenvalue weighted by atomic mass is 16.5. The Morgan fingerprint density at radius 3 is 2.30 bits per heavy atom. The highest BCUT2D eigenvalue weighted by Crippen LogP contribution is 2.45. The van der Waals surface area contributed by atoms with Crippen LogP contribution in [0.4, 0.5) is 0 Å². The van der Waals surface area contributed by atoms with Crippen LogP contribution >= 0.6 is 0 Å². The number of aliphatic hydroxyl groups excluding tert-OH is 1. The molecule has 5 N–H and O–H groups in total. The quantitative estimate of drug-likeness (QED) is 0.0608. The van der Waals surface area contributed by atoms with E-state index in [-0.39, 0.29) is 34.6 Å². The molecule has 4 aromatic rings. The lowest BCUT2D eigenvalue weighted by molar-refractivity contribution is 0.0448. The van der Waals surface area contributed by atoms with Crippen LogP contribution in [-0.2, 0) is 11.2 Å². The van der Waals surface area contributed by atoms with E-state index in [1.807, 2.05) is 13.8 Å². The molecule has 14 heteroatoms. The number of methoxy groups -OCH3 is 1. The van der Waals surface area contributed by atoms with Crippen LogP contribution in [0, 0.1) is 0 Å². The third kappa shape index (κ3) is 5.52. The van der Waals surface area contributed by atoms with Crippen molar-refractivity contribution in [2.75, 3.05) is 33.4 Å². The fourth-order valence-corrected chi connectivity index (χ4v) is 5.44. The molecule has 0 radical (unpaired) electrons. The lowest BCUT2D eigenvalue weighted by Gasteiger charge is -2.17. The van der Waals surface area contributed by atoms with Crippen LogP contribution in [0.3, 0.4) is 0 Å². The Morgan fingerprint density at radius 2 is 1.63 bits per heavy atom. The van der Waals surface area contributed by atoms with Crippen LogP contribution in [0.15, 0.2) is 37.9 Å². The van der Waals surface area contributed by atoms with Gasteiger partial charge in [-0.3, -0.25) is 9.59 Å². The number of rotatable bonds is 11.